The zero-order chi connectivity index (χ0) is 21.0. The minimum Gasteiger partial charge on any atom is -0.293 e. The fourth-order valence-electron chi connectivity index (χ4n) is 3.95. The van der Waals surface area contributed by atoms with E-state index in [9.17, 15) is 9.18 Å². The molecule has 0 aliphatic heterocycles. The van der Waals surface area contributed by atoms with Crippen LogP contribution in [0.5, 0.6) is 0 Å². The molecule has 0 amide bonds. The van der Waals surface area contributed by atoms with Crippen molar-refractivity contribution in [3.05, 3.63) is 70.5 Å². The van der Waals surface area contributed by atoms with Crippen LogP contribution in [-0.4, -0.2) is 24.1 Å². The molecule has 0 saturated heterocycles. The van der Waals surface area contributed by atoms with Crippen LogP contribution in [-0.2, 0) is 0 Å². The summed E-state index contributed by atoms with van der Waals surface area (Å²) in [5, 5.41) is 0.429. The normalized spacial score (nSPS) is 12.8. The van der Waals surface area contributed by atoms with Crippen molar-refractivity contribution in [1.29, 1.82) is 0 Å². The maximum Gasteiger partial charge on any atom is 0.265 e. The van der Waals surface area contributed by atoms with E-state index in [2.05, 4.69) is 0 Å². The molecule has 3 heterocycles. The number of fused-ring (bicyclic) bond motifs is 4. The highest BCUT2D eigenvalue weighted by molar-refractivity contribution is 6.05. The Labute approximate surface area is 171 Å². The number of para-hydroxylation sites is 2. The summed E-state index contributed by atoms with van der Waals surface area (Å²) in [6.45, 7) is 5.87. The summed E-state index contributed by atoms with van der Waals surface area (Å²) >= 11 is 0. The number of aryl methyl sites for hydroxylation is 1. The fourth-order valence-corrected chi connectivity index (χ4v) is 3.95. The Kier molecular flexibility index (Phi) is 4.13. The van der Waals surface area contributed by atoms with Gasteiger partial charge in [0.25, 0.3) is 5.56 Å². The Hall–Kier alpha value is -3.61. The molecule has 0 radical (unpaired) electrons. The summed E-state index contributed by atoms with van der Waals surface area (Å²) in [7, 11) is 0. The van der Waals surface area contributed by atoms with Crippen molar-refractivity contribution in [3.63, 3.8) is 0 Å². The third-order valence-corrected chi connectivity index (χ3v) is 5.60. The van der Waals surface area contributed by atoms with E-state index in [1.165, 1.54) is 12.1 Å². The quantitative estimate of drug-likeness (QED) is 0.439. The predicted molar refractivity (Wildman–Crippen MR) is 116 cm³/mol. The Morgan fingerprint density at radius 1 is 0.967 bits per heavy atom. The molecule has 0 bridgehead atoms. The molecule has 150 valence electrons. The van der Waals surface area contributed by atoms with E-state index in [1.807, 2.05) is 45.0 Å². The smallest absolute Gasteiger partial charge is 0.265 e. The van der Waals surface area contributed by atoms with E-state index in [0.29, 0.717) is 39.2 Å². The van der Waals surface area contributed by atoms with E-state index >= 15 is 0 Å². The minimum absolute atomic E-state index is 0.00652. The number of halogens is 1. The summed E-state index contributed by atoms with van der Waals surface area (Å²) < 4.78 is 17.1. The maximum atomic E-state index is 13.6. The number of hydrogen-bond acceptors (Lipinski definition) is 4. The van der Waals surface area contributed by atoms with Crippen molar-refractivity contribution in [2.75, 3.05) is 0 Å². The van der Waals surface area contributed by atoms with Gasteiger partial charge in [0.05, 0.1) is 11.0 Å². The molecule has 3 aromatic heterocycles. The summed E-state index contributed by atoms with van der Waals surface area (Å²) in [5.74, 6) is 0.289. The van der Waals surface area contributed by atoms with Crippen molar-refractivity contribution in [1.82, 2.24) is 24.1 Å². The third kappa shape index (κ3) is 2.62. The molecule has 0 fully saturated rings. The molecule has 1 atom stereocenters. The second-order valence-electron chi connectivity index (χ2n) is 7.49. The Bertz CT molecular complexity index is 1480. The van der Waals surface area contributed by atoms with Crippen molar-refractivity contribution >= 4 is 33.2 Å². The lowest BCUT2D eigenvalue weighted by Crippen LogP contribution is -2.26. The third-order valence-electron chi connectivity index (χ3n) is 5.60. The summed E-state index contributed by atoms with van der Waals surface area (Å²) in [4.78, 5) is 27.9. The largest absolute Gasteiger partial charge is 0.293 e. The van der Waals surface area contributed by atoms with Gasteiger partial charge in [-0.05, 0) is 56.7 Å². The second kappa shape index (κ2) is 6.73. The van der Waals surface area contributed by atoms with Crippen LogP contribution in [0.2, 0.25) is 0 Å². The zero-order valence-corrected chi connectivity index (χ0v) is 16.9. The van der Waals surface area contributed by atoms with E-state index in [0.717, 1.165) is 11.9 Å². The second-order valence-corrected chi connectivity index (χ2v) is 7.49. The molecule has 0 N–H and O–H groups in total. The van der Waals surface area contributed by atoms with Gasteiger partial charge in [-0.15, -0.1) is 0 Å². The Morgan fingerprint density at radius 3 is 2.30 bits per heavy atom. The molecular weight excluding hydrogens is 381 g/mol. The Balaban J connectivity index is 2.01. The van der Waals surface area contributed by atoms with Gasteiger partial charge in [0.15, 0.2) is 11.3 Å². The zero-order valence-electron chi connectivity index (χ0n) is 16.9. The maximum absolute atomic E-state index is 13.6. The highest BCUT2D eigenvalue weighted by atomic mass is 19.1. The highest BCUT2D eigenvalue weighted by Gasteiger charge is 2.23. The molecule has 0 spiro atoms. The number of benzene rings is 2. The number of aromatic nitrogens is 5. The lowest BCUT2D eigenvalue weighted by molar-refractivity contribution is 0.497. The number of rotatable bonds is 3. The van der Waals surface area contributed by atoms with Gasteiger partial charge >= 0.3 is 0 Å². The van der Waals surface area contributed by atoms with Crippen LogP contribution in [0, 0.1) is 12.7 Å². The monoisotopic (exact) mass is 401 g/mol. The molecule has 0 aliphatic rings. The minimum atomic E-state index is -0.334. The number of hydrogen-bond donors (Lipinski definition) is 0. The molecule has 6 nitrogen and oxygen atoms in total. The van der Waals surface area contributed by atoms with Crippen LogP contribution >= 0.6 is 0 Å². The SMILES string of the molecule is CC[C@@H](C)n1c(C)nc2c(c1=O)c1nc3ccccc3nc1n2-c1ccc(F)cc1. The molecule has 0 saturated carbocycles. The lowest BCUT2D eigenvalue weighted by atomic mass is 10.2. The first-order chi connectivity index (χ1) is 14.5. The van der Waals surface area contributed by atoms with Gasteiger partial charge in [-0.25, -0.2) is 19.3 Å². The van der Waals surface area contributed by atoms with Crippen molar-refractivity contribution < 1.29 is 4.39 Å². The summed E-state index contributed by atoms with van der Waals surface area (Å²) in [6, 6.07) is 13.6. The van der Waals surface area contributed by atoms with Gasteiger partial charge < -0.3 is 0 Å². The van der Waals surface area contributed by atoms with Crippen LogP contribution < -0.4 is 5.56 Å². The first-order valence-corrected chi connectivity index (χ1v) is 9.95. The first kappa shape index (κ1) is 18.4. The van der Waals surface area contributed by atoms with E-state index in [4.69, 9.17) is 15.0 Å². The lowest BCUT2D eigenvalue weighted by Gasteiger charge is -2.16. The van der Waals surface area contributed by atoms with Gasteiger partial charge in [0.1, 0.15) is 22.5 Å². The molecule has 0 aliphatic carbocycles. The molecule has 5 rings (SSSR count). The average molecular weight is 401 g/mol. The molecule has 30 heavy (non-hydrogen) atoms. The van der Waals surface area contributed by atoms with E-state index < -0.39 is 0 Å². The molecule has 0 unspecified atom stereocenters. The highest BCUT2D eigenvalue weighted by Crippen LogP contribution is 2.29. The molecular formula is C23H20FN5O. The average Bonchev–Trinajstić information content (AvgIpc) is 3.05. The predicted octanol–water partition coefficient (Wildman–Crippen LogP) is 4.70. The standard InChI is InChI=1S/C23H20FN5O/c1-4-13(2)28-14(3)25-21-19(23(28)30)20-22(27-18-8-6-5-7-17(18)26-20)29(21)16-11-9-15(24)10-12-16/h5-13H,4H2,1-3H3/t13-/m1/s1. The van der Waals surface area contributed by atoms with E-state index in [-0.39, 0.29) is 17.4 Å². The van der Waals surface area contributed by atoms with Crippen LogP contribution in [0.4, 0.5) is 4.39 Å². The summed E-state index contributed by atoms with van der Waals surface area (Å²) in [6.07, 6.45) is 0.805. The molecule has 2 aromatic carbocycles. The van der Waals surface area contributed by atoms with Gasteiger partial charge in [-0.2, -0.15) is 0 Å². The van der Waals surface area contributed by atoms with Crippen LogP contribution in [0.3, 0.4) is 0 Å². The van der Waals surface area contributed by atoms with Gasteiger partial charge in [-0.1, -0.05) is 19.1 Å². The first-order valence-electron chi connectivity index (χ1n) is 9.95. The van der Waals surface area contributed by atoms with Gasteiger partial charge in [0, 0.05) is 11.7 Å². The summed E-state index contributed by atoms with van der Waals surface area (Å²) in [5.41, 5.74) is 3.47. The van der Waals surface area contributed by atoms with Crippen molar-refractivity contribution in [2.24, 2.45) is 0 Å². The topological polar surface area (TPSA) is 65.6 Å². The molecule has 5 aromatic rings. The fraction of sp³-hybridized carbons (Fsp3) is 0.217. The van der Waals surface area contributed by atoms with Crippen LogP contribution in [0.1, 0.15) is 32.1 Å². The molecule has 7 heteroatoms. The van der Waals surface area contributed by atoms with Gasteiger partial charge in [-0.3, -0.25) is 13.9 Å². The van der Waals surface area contributed by atoms with Crippen LogP contribution in [0.15, 0.2) is 53.3 Å². The van der Waals surface area contributed by atoms with Crippen LogP contribution in [0.25, 0.3) is 38.9 Å². The van der Waals surface area contributed by atoms with Crippen molar-refractivity contribution in [3.8, 4) is 5.69 Å². The Morgan fingerprint density at radius 2 is 1.63 bits per heavy atom. The van der Waals surface area contributed by atoms with Gasteiger partial charge in [0.2, 0.25) is 0 Å². The number of nitrogens with zero attached hydrogens (tertiary/aromatic N) is 5. The van der Waals surface area contributed by atoms with Crippen molar-refractivity contribution in [2.45, 2.75) is 33.2 Å². The van der Waals surface area contributed by atoms with E-state index in [1.54, 1.807) is 21.3 Å².